The highest BCUT2D eigenvalue weighted by molar-refractivity contribution is 7.90. The Kier molecular flexibility index (Phi) is 5.85. The Labute approximate surface area is 148 Å². The Morgan fingerprint density at radius 3 is 2.28 bits per heavy atom. The minimum absolute atomic E-state index is 0.235. The monoisotopic (exact) mass is 361 g/mol. The third-order valence-corrected chi connectivity index (χ3v) is 4.97. The Balaban J connectivity index is 1.99. The van der Waals surface area contributed by atoms with E-state index >= 15 is 0 Å². The highest BCUT2D eigenvalue weighted by atomic mass is 32.2. The predicted octanol–water partition coefficient (Wildman–Crippen LogP) is 3.04. The SMILES string of the molecule is Cc1cccc(O[C@H](C)C(=O)N[C@H](C)c2ccc(S(C)(=O)=O)cc2)c1. The Morgan fingerprint density at radius 1 is 1.08 bits per heavy atom. The number of ether oxygens (including phenoxy) is 1. The number of sulfone groups is 1. The second-order valence-corrected chi connectivity index (χ2v) is 8.16. The zero-order valence-electron chi connectivity index (χ0n) is 14.8. The van der Waals surface area contributed by atoms with E-state index in [9.17, 15) is 13.2 Å². The van der Waals surface area contributed by atoms with E-state index in [0.29, 0.717) is 5.75 Å². The van der Waals surface area contributed by atoms with E-state index in [-0.39, 0.29) is 16.8 Å². The predicted molar refractivity (Wildman–Crippen MR) is 97.4 cm³/mol. The van der Waals surface area contributed by atoms with Crippen LogP contribution < -0.4 is 10.1 Å². The number of carbonyl (C=O) groups excluding carboxylic acids is 1. The maximum absolute atomic E-state index is 12.3. The normalized spacial score (nSPS) is 13.8. The largest absolute Gasteiger partial charge is 0.481 e. The first kappa shape index (κ1) is 19.0. The van der Waals surface area contributed by atoms with Crippen molar-refractivity contribution in [3.05, 3.63) is 59.7 Å². The summed E-state index contributed by atoms with van der Waals surface area (Å²) in [7, 11) is -3.23. The van der Waals surface area contributed by atoms with Gasteiger partial charge in [-0.15, -0.1) is 0 Å². The van der Waals surface area contributed by atoms with Crippen LogP contribution in [-0.4, -0.2) is 26.7 Å². The summed E-state index contributed by atoms with van der Waals surface area (Å²) < 4.78 is 28.7. The van der Waals surface area contributed by atoms with Crippen molar-refractivity contribution in [1.29, 1.82) is 0 Å². The molecule has 0 radical (unpaired) electrons. The molecule has 134 valence electrons. The van der Waals surface area contributed by atoms with Gasteiger partial charge < -0.3 is 10.1 Å². The van der Waals surface area contributed by atoms with Crippen LogP contribution in [0.15, 0.2) is 53.4 Å². The lowest BCUT2D eigenvalue weighted by molar-refractivity contribution is -0.127. The fourth-order valence-corrected chi connectivity index (χ4v) is 2.99. The first-order valence-electron chi connectivity index (χ1n) is 8.00. The fraction of sp³-hybridized carbons (Fsp3) is 0.316. The van der Waals surface area contributed by atoms with E-state index in [1.807, 2.05) is 38.1 Å². The van der Waals surface area contributed by atoms with Crippen molar-refractivity contribution in [2.75, 3.05) is 6.26 Å². The van der Waals surface area contributed by atoms with Gasteiger partial charge in [0.05, 0.1) is 10.9 Å². The van der Waals surface area contributed by atoms with Gasteiger partial charge in [-0.05, 0) is 56.2 Å². The Hall–Kier alpha value is -2.34. The Bertz CT molecular complexity index is 844. The van der Waals surface area contributed by atoms with Crippen LogP contribution in [0.4, 0.5) is 0 Å². The molecule has 0 saturated carbocycles. The summed E-state index contributed by atoms with van der Waals surface area (Å²) in [5.41, 5.74) is 1.88. The lowest BCUT2D eigenvalue weighted by atomic mass is 10.1. The van der Waals surface area contributed by atoms with Crippen LogP contribution in [0.2, 0.25) is 0 Å². The molecule has 0 spiro atoms. The maximum Gasteiger partial charge on any atom is 0.261 e. The van der Waals surface area contributed by atoms with E-state index in [2.05, 4.69) is 5.32 Å². The third-order valence-electron chi connectivity index (χ3n) is 3.84. The van der Waals surface area contributed by atoms with Crippen molar-refractivity contribution >= 4 is 15.7 Å². The van der Waals surface area contributed by atoms with Gasteiger partial charge in [0, 0.05) is 6.26 Å². The first-order valence-corrected chi connectivity index (χ1v) is 9.89. The van der Waals surface area contributed by atoms with Crippen LogP contribution >= 0.6 is 0 Å². The van der Waals surface area contributed by atoms with E-state index in [0.717, 1.165) is 17.4 Å². The lowest BCUT2D eigenvalue weighted by Crippen LogP contribution is -2.37. The van der Waals surface area contributed by atoms with Crippen LogP contribution in [0.25, 0.3) is 0 Å². The summed E-state index contributed by atoms with van der Waals surface area (Å²) >= 11 is 0. The molecule has 2 atom stereocenters. The van der Waals surface area contributed by atoms with Crippen LogP contribution in [-0.2, 0) is 14.6 Å². The topological polar surface area (TPSA) is 72.5 Å². The summed E-state index contributed by atoms with van der Waals surface area (Å²) in [4.78, 5) is 12.6. The molecular formula is C19H23NO4S. The van der Waals surface area contributed by atoms with Gasteiger partial charge in [0.1, 0.15) is 5.75 Å². The standard InChI is InChI=1S/C19H23NO4S/c1-13-6-5-7-17(12-13)24-15(3)19(21)20-14(2)16-8-10-18(11-9-16)25(4,22)23/h5-12,14-15H,1-4H3,(H,20,21)/t14-,15-/m1/s1. The molecule has 5 nitrogen and oxygen atoms in total. The highest BCUT2D eigenvalue weighted by Gasteiger charge is 2.18. The van der Waals surface area contributed by atoms with Crippen molar-refractivity contribution in [2.45, 2.75) is 37.8 Å². The minimum atomic E-state index is -3.23. The number of aryl methyl sites for hydroxylation is 1. The third kappa shape index (κ3) is 5.32. The second kappa shape index (κ2) is 7.70. The number of hydrogen-bond acceptors (Lipinski definition) is 4. The summed E-state index contributed by atoms with van der Waals surface area (Å²) in [6.07, 6.45) is 0.525. The zero-order chi connectivity index (χ0) is 18.6. The van der Waals surface area contributed by atoms with E-state index in [1.165, 1.54) is 0 Å². The summed E-state index contributed by atoms with van der Waals surface area (Å²) in [6, 6.07) is 13.7. The van der Waals surface area contributed by atoms with Gasteiger partial charge in [0.15, 0.2) is 15.9 Å². The molecule has 1 N–H and O–H groups in total. The average Bonchev–Trinajstić information content (AvgIpc) is 2.54. The minimum Gasteiger partial charge on any atom is -0.481 e. The van der Waals surface area contributed by atoms with Crippen molar-refractivity contribution in [3.63, 3.8) is 0 Å². The van der Waals surface area contributed by atoms with Crippen LogP contribution in [0.1, 0.15) is 31.0 Å². The number of nitrogens with one attached hydrogen (secondary N) is 1. The molecule has 0 aliphatic rings. The van der Waals surface area contributed by atoms with E-state index in [4.69, 9.17) is 4.74 Å². The van der Waals surface area contributed by atoms with Crippen LogP contribution in [0.5, 0.6) is 5.75 Å². The van der Waals surface area contributed by atoms with Gasteiger partial charge in [-0.25, -0.2) is 8.42 Å². The lowest BCUT2D eigenvalue weighted by Gasteiger charge is -2.19. The molecular weight excluding hydrogens is 338 g/mol. The van der Waals surface area contributed by atoms with Crippen molar-refractivity contribution in [2.24, 2.45) is 0 Å². The molecule has 2 aromatic rings. The first-order chi connectivity index (χ1) is 11.7. The molecule has 0 aliphatic heterocycles. The van der Waals surface area contributed by atoms with Crippen molar-refractivity contribution < 1.29 is 17.9 Å². The van der Waals surface area contributed by atoms with Gasteiger partial charge in [0.2, 0.25) is 0 Å². The molecule has 25 heavy (non-hydrogen) atoms. The number of carbonyl (C=O) groups is 1. The summed E-state index contributed by atoms with van der Waals surface area (Å²) in [5, 5.41) is 2.88. The molecule has 6 heteroatoms. The number of benzene rings is 2. The number of rotatable bonds is 6. The quantitative estimate of drug-likeness (QED) is 0.858. The molecule has 0 aliphatic carbocycles. The van der Waals surface area contributed by atoms with Crippen LogP contribution in [0.3, 0.4) is 0 Å². The maximum atomic E-state index is 12.3. The van der Waals surface area contributed by atoms with E-state index in [1.54, 1.807) is 31.2 Å². The zero-order valence-corrected chi connectivity index (χ0v) is 15.6. The molecule has 2 aromatic carbocycles. The molecule has 1 amide bonds. The molecule has 0 heterocycles. The summed E-state index contributed by atoms with van der Waals surface area (Å²) in [6.45, 7) is 5.49. The summed E-state index contributed by atoms with van der Waals surface area (Å²) in [5.74, 6) is 0.411. The molecule has 2 rings (SSSR count). The van der Waals surface area contributed by atoms with Gasteiger partial charge in [-0.1, -0.05) is 24.3 Å². The highest BCUT2D eigenvalue weighted by Crippen LogP contribution is 2.18. The molecule has 0 saturated heterocycles. The molecule has 0 bridgehead atoms. The Morgan fingerprint density at radius 2 is 1.72 bits per heavy atom. The van der Waals surface area contributed by atoms with Gasteiger partial charge >= 0.3 is 0 Å². The average molecular weight is 361 g/mol. The number of amides is 1. The van der Waals surface area contributed by atoms with Crippen molar-refractivity contribution in [3.8, 4) is 5.75 Å². The van der Waals surface area contributed by atoms with Gasteiger partial charge in [-0.2, -0.15) is 0 Å². The van der Waals surface area contributed by atoms with E-state index < -0.39 is 15.9 Å². The fourth-order valence-electron chi connectivity index (χ4n) is 2.36. The van der Waals surface area contributed by atoms with Crippen molar-refractivity contribution in [1.82, 2.24) is 5.32 Å². The van der Waals surface area contributed by atoms with Gasteiger partial charge in [0.25, 0.3) is 5.91 Å². The van der Waals surface area contributed by atoms with Crippen LogP contribution in [0, 0.1) is 6.92 Å². The second-order valence-electron chi connectivity index (χ2n) is 6.15. The smallest absolute Gasteiger partial charge is 0.261 e. The number of hydrogen-bond donors (Lipinski definition) is 1. The molecule has 0 aromatic heterocycles. The molecule has 0 fully saturated rings. The molecule has 0 unspecified atom stereocenters. The van der Waals surface area contributed by atoms with Gasteiger partial charge in [-0.3, -0.25) is 4.79 Å².